The molecule has 1 aromatic carbocycles. The summed E-state index contributed by atoms with van der Waals surface area (Å²) in [5.74, 6) is -0.994. The van der Waals surface area contributed by atoms with Crippen molar-refractivity contribution in [3.05, 3.63) is 24.0 Å². The van der Waals surface area contributed by atoms with Gasteiger partial charge in [0.1, 0.15) is 10.7 Å². The first-order chi connectivity index (χ1) is 9.70. The predicted molar refractivity (Wildman–Crippen MR) is 73.7 cm³/mol. The van der Waals surface area contributed by atoms with Crippen LogP contribution in [0.1, 0.15) is 12.8 Å². The number of hydrogen-bond donors (Lipinski definition) is 1. The highest BCUT2D eigenvalue weighted by Gasteiger charge is 2.26. The summed E-state index contributed by atoms with van der Waals surface area (Å²) in [6.07, 6.45) is 2.23. The van der Waals surface area contributed by atoms with Gasteiger partial charge in [0.15, 0.2) is 9.84 Å². The lowest BCUT2D eigenvalue weighted by Crippen LogP contribution is -2.40. The molecule has 1 aromatic rings. The van der Waals surface area contributed by atoms with Crippen molar-refractivity contribution in [2.24, 2.45) is 0 Å². The Labute approximate surface area is 123 Å². The van der Waals surface area contributed by atoms with E-state index in [2.05, 4.69) is 4.72 Å². The van der Waals surface area contributed by atoms with Gasteiger partial charge in [-0.05, 0) is 31.0 Å². The fourth-order valence-corrected chi connectivity index (χ4v) is 4.12. The maximum atomic E-state index is 13.8. The van der Waals surface area contributed by atoms with E-state index in [1.807, 2.05) is 0 Å². The van der Waals surface area contributed by atoms with Crippen LogP contribution in [-0.4, -0.2) is 42.3 Å². The molecule has 0 amide bonds. The van der Waals surface area contributed by atoms with Crippen molar-refractivity contribution in [2.75, 3.05) is 19.5 Å². The van der Waals surface area contributed by atoms with Gasteiger partial charge in [-0.1, -0.05) is 0 Å². The summed E-state index contributed by atoms with van der Waals surface area (Å²) in [7, 11) is -7.76. The second kappa shape index (κ2) is 5.99. The zero-order chi connectivity index (χ0) is 15.7. The number of sulfone groups is 1. The highest BCUT2D eigenvalue weighted by atomic mass is 32.2. The largest absolute Gasteiger partial charge is 0.380 e. The zero-order valence-electron chi connectivity index (χ0n) is 11.4. The normalized spacial score (nSPS) is 20.4. The molecule has 6 nitrogen and oxygen atoms in total. The van der Waals surface area contributed by atoms with Crippen molar-refractivity contribution in [3.8, 4) is 0 Å². The molecule has 1 atom stereocenters. The van der Waals surface area contributed by atoms with Gasteiger partial charge in [-0.15, -0.1) is 0 Å². The van der Waals surface area contributed by atoms with E-state index in [9.17, 15) is 21.2 Å². The fraction of sp³-hybridized carbons (Fsp3) is 0.500. The van der Waals surface area contributed by atoms with Gasteiger partial charge < -0.3 is 4.74 Å². The van der Waals surface area contributed by atoms with Gasteiger partial charge in [0.05, 0.1) is 11.5 Å². The van der Waals surface area contributed by atoms with Crippen LogP contribution in [0.3, 0.4) is 0 Å². The Hall–Kier alpha value is -1.03. The van der Waals surface area contributed by atoms with E-state index in [0.29, 0.717) is 19.4 Å². The Morgan fingerprint density at radius 3 is 2.57 bits per heavy atom. The molecule has 0 bridgehead atoms. The molecular weight excluding hydrogens is 321 g/mol. The van der Waals surface area contributed by atoms with Crippen LogP contribution >= 0.6 is 0 Å². The Morgan fingerprint density at radius 2 is 2.00 bits per heavy atom. The molecule has 21 heavy (non-hydrogen) atoms. The Balaban J connectivity index is 2.34. The van der Waals surface area contributed by atoms with E-state index in [0.717, 1.165) is 24.5 Å². The first-order valence-corrected chi connectivity index (χ1v) is 9.67. The molecule has 1 N–H and O–H groups in total. The van der Waals surface area contributed by atoms with Gasteiger partial charge in [-0.3, -0.25) is 0 Å². The smallest absolute Gasteiger partial charge is 0.243 e. The Bertz CT molecular complexity index is 724. The standard InChI is InChI=1S/C12H16FNO5S2/c1-20(15,16)10-4-5-11(13)12(7-10)21(17,18)14-9-3-2-6-19-8-9/h4-5,7,9,14H,2-3,6,8H2,1H3. The minimum absolute atomic E-state index is 0.215. The molecule has 0 radical (unpaired) electrons. The van der Waals surface area contributed by atoms with Gasteiger partial charge in [0, 0.05) is 18.9 Å². The van der Waals surface area contributed by atoms with E-state index in [1.165, 1.54) is 0 Å². The maximum Gasteiger partial charge on any atom is 0.243 e. The van der Waals surface area contributed by atoms with Gasteiger partial charge >= 0.3 is 0 Å². The van der Waals surface area contributed by atoms with Gasteiger partial charge in [0.25, 0.3) is 0 Å². The first kappa shape index (κ1) is 16.3. The van der Waals surface area contributed by atoms with E-state index < -0.39 is 36.6 Å². The summed E-state index contributed by atoms with van der Waals surface area (Å²) in [6, 6.07) is 2.26. The van der Waals surface area contributed by atoms with Crippen LogP contribution in [0.5, 0.6) is 0 Å². The van der Waals surface area contributed by atoms with Crippen LogP contribution in [-0.2, 0) is 24.6 Å². The third-order valence-electron chi connectivity index (χ3n) is 3.10. The molecule has 1 fully saturated rings. The molecule has 0 aromatic heterocycles. The summed E-state index contributed by atoms with van der Waals surface area (Å²) >= 11 is 0. The van der Waals surface area contributed by atoms with Crippen molar-refractivity contribution in [1.29, 1.82) is 0 Å². The molecule has 1 aliphatic heterocycles. The summed E-state index contributed by atoms with van der Waals surface area (Å²) in [4.78, 5) is -0.917. The van der Waals surface area contributed by atoms with Crippen LogP contribution in [0.2, 0.25) is 0 Å². The molecule has 1 saturated heterocycles. The minimum Gasteiger partial charge on any atom is -0.380 e. The summed E-state index contributed by atoms with van der Waals surface area (Å²) in [5.41, 5.74) is 0. The molecule has 0 spiro atoms. The summed E-state index contributed by atoms with van der Waals surface area (Å²) < 4.78 is 68.6. The lowest BCUT2D eigenvalue weighted by molar-refractivity contribution is 0.0774. The predicted octanol–water partition coefficient (Wildman–Crippen LogP) is 0.686. The summed E-state index contributed by atoms with van der Waals surface area (Å²) in [5, 5.41) is 0. The topological polar surface area (TPSA) is 89.5 Å². The van der Waals surface area contributed by atoms with Crippen molar-refractivity contribution in [3.63, 3.8) is 0 Å². The molecule has 0 aliphatic carbocycles. The number of hydrogen-bond acceptors (Lipinski definition) is 5. The number of sulfonamides is 1. The second-order valence-electron chi connectivity index (χ2n) is 4.90. The highest BCUT2D eigenvalue weighted by molar-refractivity contribution is 7.91. The lowest BCUT2D eigenvalue weighted by atomic mass is 10.1. The second-order valence-corrected chi connectivity index (χ2v) is 8.60. The zero-order valence-corrected chi connectivity index (χ0v) is 13.0. The fourth-order valence-electron chi connectivity index (χ4n) is 2.04. The minimum atomic E-state index is -4.14. The van der Waals surface area contributed by atoms with Crippen LogP contribution < -0.4 is 4.72 Å². The lowest BCUT2D eigenvalue weighted by Gasteiger charge is -2.23. The number of ether oxygens (including phenoxy) is 1. The molecule has 9 heteroatoms. The van der Waals surface area contributed by atoms with E-state index in [4.69, 9.17) is 4.74 Å². The van der Waals surface area contributed by atoms with Crippen LogP contribution in [0.15, 0.2) is 28.0 Å². The quantitative estimate of drug-likeness (QED) is 0.817. The highest BCUT2D eigenvalue weighted by Crippen LogP contribution is 2.20. The van der Waals surface area contributed by atoms with Crippen LogP contribution in [0.4, 0.5) is 4.39 Å². The molecule has 118 valence electrons. The third-order valence-corrected chi connectivity index (χ3v) is 5.75. The van der Waals surface area contributed by atoms with E-state index >= 15 is 0 Å². The van der Waals surface area contributed by atoms with Crippen molar-refractivity contribution < 1.29 is 26.0 Å². The van der Waals surface area contributed by atoms with Crippen molar-refractivity contribution >= 4 is 19.9 Å². The SMILES string of the molecule is CS(=O)(=O)c1ccc(F)c(S(=O)(=O)NC2CCCOC2)c1. The van der Waals surface area contributed by atoms with Crippen LogP contribution in [0, 0.1) is 5.82 Å². The Morgan fingerprint density at radius 1 is 1.29 bits per heavy atom. The average Bonchev–Trinajstić information content (AvgIpc) is 2.38. The molecule has 1 aliphatic rings. The number of halogens is 1. The monoisotopic (exact) mass is 337 g/mol. The average molecular weight is 337 g/mol. The maximum absolute atomic E-state index is 13.8. The van der Waals surface area contributed by atoms with Crippen molar-refractivity contribution in [2.45, 2.75) is 28.7 Å². The number of nitrogens with one attached hydrogen (secondary N) is 1. The van der Waals surface area contributed by atoms with Gasteiger partial charge in [-0.2, -0.15) is 0 Å². The molecule has 1 heterocycles. The number of rotatable bonds is 4. The summed E-state index contributed by atoms with van der Waals surface area (Å²) in [6.45, 7) is 0.781. The van der Waals surface area contributed by atoms with Gasteiger partial charge in [-0.25, -0.2) is 25.9 Å². The molecule has 1 unspecified atom stereocenters. The van der Waals surface area contributed by atoms with Crippen molar-refractivity contribution in [1.82, 2.24) is 4.72 Å². The Kier molecular flexibility index (Phi) is 4.66. The molecule has 2 rings (SSSR count). The van der Waals surface area contributed by atoms with E-state index in [1.54, 1.807) is 0 Å². The van der Waals surface area contributed by atoms with Crippen LogP contribution in [0.25, 0.3) is 0 Å². The molecule has 0 saturated carbocycles. The first-order valence-electron chi connectivity index (χ1n) is 6.30. The number of benzene rings is 1. The molecular formula is C12H16FNO5S2. The van der Waals surface area contributed by atoms with Gasteiger partial charge in [0.2, 0.25) is 10.0 Å². The van der Waals surface area contributed by atoms with E-state index in [-0.39, 0.29) is 11.5 Å². The third kappa shape index (κ3) is 4.00.